The Kier molecular flexibility index (Phi) is 5.69. The number of ether oxygens (including phenoxy) is 1. The van der Waals surface area contributed by atoms with Gasteiger partial charge in [0.15, 0.2) is 9.84 Å². The van der Waals surface area contributed by atoms with Crippen LogP contribution in [-0.4, -0.2) is 75.3 Å². The van der Waals surface area contributed by atoms with Crippen LogP contribution >= 0.6 is 0 Å². The van der Waals surface area contributed by atoms with Gasteiger partial charge in [-0.15, -0.1) is 0 Å². The molecule has 7 heteroatoms. The average molecular weight is 381 g/mol. The molecule has 3 rings (SSSR count). The lowest BCUT2D eigenvalue weighted by atomic mass is 9.97. The van der Waals surface area contributed by atoms with Gasteiger partial charge in [0.05, 0.1) is 23.6 Å². The highest BCUT2D eigenvalue weighted by Crippen LogP contribution is 2.26. The van der Waals surface area contributed by atoms with E-state index in [4.69, 9.17) is 4.74 Å². The Labute approximate surface area is 156 Å². The summed E-state index contributed by atoms with van der Waals surface area (Å²) >= 11 is 0. The summed E-state index contributed by atoms with van der Waals surface area (Å²) in [5.41, 5.74) is 1.19. The Morgan fingerprint density at radius 2 is 2.04 bits per heavy atom. The lowest BCUT2D eigenvalue weighted by Crippen LogP contribution is -2.61. The number of piperidine rings is 1. The van der Waals surface area contributed by atoms with Crippen LogP contribution < -0.4 is 0 Å². The monoisotopic (exact) mass is 380 g/mol. The molecule has 1 aromatic rings. The third-order valence-corrected chi connectivity index (χ3v) is 6.65. The van der Waals surface area contributed by atoms with Gasteiger partial charge in [0.25, 0.3) is 5.91 Å². The van der Waals surface area contributed by atoms with Gasteiger partial charge in [-0.25, -0.2) is 8.42 Å². The number of hydrogen-bond acceptors (Lipinski definition) is 5. The van der Waals surface area contributed by atoms with Crippen LogP contribution in [0.15, 0.2) is 23.1 Å². The molecule has 2 saturated heterocycles. The minimum atomic E-state index is -3.37. The third kappa shape index (κ3) is 3.80. The van der Waals surface area contributed by atoms with Crippen molar-refractivity contribution in [2.24, 2.45) is 0 Å². The first-order valence-electron chi connectivity index (χ1n) is 9.33. The van der Waals surface area contributed by atoms with E-state index in [2.05, 4.69) is 11.8 Å². The predicted octanol–water partition coefficient (Wildman–Crippen LogP) is 1.59. The minimum Gasteiger partial charge on any atom is -0.374 e. The van der Waals surface area contributed by atoms with Crippen molar-refractivity contribution in [1.29, 1.82) is 0 Å². The molecule has 0 radical (unpaired) electrons. The Morgan fingerprint density at radius 1 is 1.27 bits per heavy atom. The van der Waals surface area contributed by atoms with E-state index in [1.54, 1.807) is 18.2 Å². The highest BCUT2D eigenvalue weighted by molar-refractivity contribution is 7.90. The fourth-order valence-electron chi connectivity index (χ4n) is 3.97. The number of carbonyl (C=O) groups is 1. The maximum absolute atomic E-state index is 13.2. The number of benzene rings is 1. The molecule has 26 heavy (non-hydrogen) atoms. The van der Waals surface area contributed by atoms with Crippen LogP contribution in [0.5, 0.6) is 0 Å². The lowest BCUT2D eigenvalue weighted by molar-refractivity contribution is -0.0896. The fourth-order valence-corrected chi connectivity index (χ4v) is 5.00. The van der Waals surface area contributed by atoms with Crippen LogP contribution in [0.25, 0.3) is 0 Å². The molecule has 2 aliphatic heterocycles. The van der Waals surface area contributed by atoms with Crippen LogP contribution in [0.4, 0.5) is 0 Å². The van der Waals surface area contributed by atoms with Crippen molar-refractivity contribution in [2.45, 2.75) is 43.7 Å². The Bertz CT molecular complexity index is 778. The van der Waals surface area contributed by atoms with Crippen molar-refractivity contribution in [3.63, 3.8) is 0 Å². The van der Waals surface area contributed by atoms with Crippen molar-refractivity contribution in [2.75, 3.05) is 39.0 Å². The number of likely N-dealkylation sites (N-methyl/N-ethyl adjacent to an activating group) is 1. The van der Waals surface area contributed by atoms with E-state index in [1.807, 2.05) is 11.8 Å². The van der Waals surface area contributed by atoms with Crippen LogP contribution in [0.2, 0.25) is 0 Å². The second-order valence-electron chi connectivity index (χ2n) is 7.11. The van der Waals surface area contributed by atoms with Gasteiger partial charge in [-0.3, -0.25) is 4.79 Å². The molecule has 0 unspecified atom stereocenters. The van der Waals surface area contributed by atoms with E-state index in [9.17, 15) is 13.2 Å². The highest BCUT2D eigenvalue weighted by atomic mass is 32.2. The zero-order valence-corrected chi connectivity index (χ0v) is 16.6. The molecule has 2 aliphatic rings. The molecule has 144 valence electrons. The van der Waals surface area contributed by atoms with Gasteiger partial charge < -0.3 is 14.5 Å². The standard InChI is InChI=1S/C19H28N2O4S/c1-4-14-6-7-15(12-18(14)26(3,23)24)19(22)21-10-11-25-17-8-9-20(5-2)13-16(17)21/h6-7,12,16-17H,4-5,8-11,13H2,1-3H3/t16-,17+/m0/s1. The van der Waals surface area contributed by atoms with Crippen molar-refractivity contribution in [3.05, 3.63) is 29.3 Å². The second kappa shape index (κ2) is 7.66. The zero-order chi connectivity index (χ0) is 18.9. The molecule has 0 aliphatic carbocycles. The molecule has 6 nitrogen and oxygen atoms in total. The van der Waals surface area contributed by atoms with Crippen molar-refractivity contribution in [1.82, 2.24) is 9.80 Å². The minimum absolute atomic E-state index is 0.0254. The molecule has 1 aromatic carbocycles. The van der Waals surface area contributed by atoms with Crippen molar-refractivity contribution in [3.8, 4) is 0 Å². The normalized spacial score (nSPS) is 24.3. The summed E-state index contributed by atoms with van der Waals surface area (Å²) in [7, 11) is -3.37. The molecular formula is C19H28N2O4S. The number of likely N-dealkylation sites (tertiary alicyclic amines) is 1. The smallest absolute Gasteiger partial charge is 0.254 e. The summed E-state index contributed by atoms with van der Waals surface area (Å²) in [6, 6.07) is 5.08. The van der Waals surface area contributed by atoms with E-state index in [-0.39, 0.29) is 22.9 Å². The Morgan fingerprint density at radius 3 is 2.69 bits per heavy atom. The molecule has 0 N–H and O–H groups in total. The molecular weight excluding hydrogens is 352 g/mol. The van der Waals surface area contributed by atoms with Gasteiger partial charge in [0, 0.05) is 31.5 Å². The number of carbonyl (C=O) groups excluding carboxylic acids is 1. The fraction of sp³-hybridized carbons (Fsp3) is 0.632. The topological polar surface area (TPSA) is 66.9 Å². The first-order valence-corrected chi connectivity index (χ1v) is 11.2. The van der Waals surface area contributed by atoms with E-state index in [1.165, 1.54) is 6.26 Å². The third-order valence-electron chi connectivity index (χ3n) is 5.47. The number of aryl methyl sites for hydroxylation is 1. The molecule has 2 atom stereocenters. The number of amides is 1. The Balaban J connectivity index is 1.90. The number of morpholine rings is 1. The van der Waals surface area contributed by atoms with Gasteiger partial charge >= 0.3 is 0 Å². The Hall–Kier alpha value is -1.44. The van der Waals surface area contributed by atoms with Gasteiger partial charge in [-0.1, -0.05) is 19.9 Å². The van der Waals surface area contributed by atoms with E-state index in [0.717, 1.165) is 31.6 Å². The molecule has 2 fully saturated rings. The summed E-state index contributed by atoms with van der Waals surface area (Å²) in [6.45, 7) is 7.86. The number of fused-ring (bicyclic) bond motifs is 1. The lowest BCUT2D eigenvalue weighted by Gasteiger charge is -2.47. The number of hydrogen-bond donors (Lipinski definition) is 0. The quantitative estimate of drug-likeness (QED) is 0.794. The number of rotatable bonds is 4. The first kappa shape index (κ1) is 19.3. The van der Waals surface area contributed by atoms with Gasteiger partial charge in [-0.05, 0) is 37.1 Å². The maximum atomic E-state index is 13.2. The van der Waals surface area contributed by atoms with Gasteiger partial charge in [-0.2, -0.15) is 0 Å². The van der Waals surface area contributed by atoms with E-state index < -0.39 is 9.84 Å². The first-order chi connectivity index (χ1) is 12.3. The molecule has 2 heterocycles. The van der Waals surface area contributed by atoms with Crippen LogP contribution in [0, 0.1) is 0 Å². The summed E-state index contributed by atoms with van der Waals surface area (Å²) in [5, 5.41) is 0. The zero-order valence-electron chi connectivity index (χ0n) is 15.8. The largest absolute Gasteiger partial charge is 0.374 e. The average Bonchev–Trinajstić information content (AvgIpc) is 2.65. The van der Waals surface area contributed by atoms with Crippen LogP contribution in [0.1, 0.15) is 36.2 Å². The van der Waals surface area contributed by atoms with Crippen LogP contribution in [-0.2, 0) is 21.0 Å². The number of nitrogens with zero attached hydrogens (tertiary/aromatic N) is 2. The highest BCUT2D eigenvalue weighted by Gasteiger charge is 2.39. The molecule has 0 saturated carbocycles. The number of sulfone groups is 1. The van der Waals surface area contributed by atoms with Crippen molar-refractivity contribution >= 4 is 15.7 Å². The summed E-state index contributed by atoms with van der Waals surface area (Å²) < 4.78 is 30.1. The van der Waals surface area contributed by atoms with Crippen LogP contribution in [0.3, 0.4) is 0 Å². The molecule has 0 aromatic heterocycles. The summed E-state index contributed by atoms with van der Waals surface area (Å²) in [4.78, 5) is 17.7. The van der Waals surface area contributed by atoms with Crippen molar-refractivity contribution < 1.29 is 17.9 Å². The molecule has 1 amide bonds. The summed E-state index contributed by atoms with van der Waals surface area (Å²) in [6.07, 6.45) is 2.80. The molecule has 0 spiro atoms. The summed E-state index contributed by atoms with van der Waals surface area (Å²) in [5.74, 6) is -0.103. The van der Waals surface area contributed by atoms with Gasteiger partial charge in [0.1, 0.15) is 0 Å². The SMILES string of the molecule is CCc1ccc(C(=O)N2CCO[C@@H]3CCN(CC)C[C@@H]32)cc1S(C)(=O)=O. The molecule has 0 bridgehead atoms. The predicted molar refractivity (Wildman–Crippen MR) is 100 cm³/mol. The maximum Gasteiger partial charge on any atom is 0.254 e. The van der Waals surface area contributed by atoms with E-state index in [0.29, 0.717) is 25.1 Å². The van der Waals surface area contributed by atoms with E-state index >= 15 is 0 Å². The second-order valence-corrected chi connectivity index (χ2v) is 9.09. The van der Waals surface area contributed by atoms with Gasteiger partial charge in [0.2, 0.25) is 0 Å².